The van der Waals surface area contributed by atoms with Crippen LogP contribution in [0.3, 0.4) is 0 Å². The van der Waals surface area contributed by atoms with Gasteiger partial charge < -0.3 is 0 Å². The molecular formula is C33H21N3S. The lowest BCUT2D eigenvalue weighted by Gasteiger charge is -2.09. The molecule has 0 bridgehead atoms. The van der Waals surface area contributed by atoms with Crippen molar-refractivity contribution in [3.63, 3.8) is 0 Å². The van der Waals surface area contributed by atoms with E-state index in [0.29, 0.717) is 17.5 Å². The van der Waals surface area contributed by atoms with E-state index in [1.807, 2.05) is 72.0 Å². The van der Waals surface area contributed by atoms with Gasteiger partial charge in [-0.1, -0.05) is 103 Å². The van der Waals surface area contributed by atoms with E-state index in [1.54, 1.807) is 0 Å². The Labute approximate surface area is 218 Å². The Balaban J connectivity index is 1.46. The molecule has 0 saturated carbocycles. The highest BCUT2D eigenvalue weighted by molar-refractivity contribution is 7.25. The molecule has 0 aliphatic rings. The average Bonchev–Trinajstić information content (AvgIpc) is 3.36. The van der Waals surface area contributed by atoms with Gasteiger partial charge in [0.25, 0.3) is 0 Å². The fourth-order valence-electron chi connectivity index (χ4n) is 4.76. The molecule has 5 aromatic carbocycles. The highest BCUT2D eigenvalue weighted by atomic mass is 32.1. The van der Waals surface area contributed by atoms with Gasteiger partial charge in [0.05, 0.1) is 0 Å². The first kappa shape index (κ1) is 21.6. The predicted octanol–water partition coefficient (Wildman–Crippen LogP) is 8.91. The summed E-state index contributed by atoms with van der Waals surface area (Å²) in [5.41, 5.74) is 5.38. The lowest BCUT2D eigenvalue weighted by molar-refractivity contribution is 1.07. The minimum absolute atomic E-state index is 0.671. The zero-order chi connectivity index (χ0) is 24.6. The van der Waals surface area contributed by atoms with Crippen molar-refractivity contribution in [3.05, 3.63) is 127 Å². The third-order valence-corrected chi connectivity index (χ3v) is 7.67. The summed E-state index contributed by atoms with van der Waals surface area (Å²) in [7, 11) is 0. The summed E-state index contributed by atoms with van der Waals surface area (Å²) in [6.07, 6.45) is 0. The molecule has 7 aromatic rings. The van der Waals surface area contributed by atoms with Gasteiger partial charge in [0, 0.05) is 36.9 Å². The van der Waals surface area contributed by atoms with Crippen molar-refractivity contribution in [3.8, 4) is 45.3 Å². The normalized spacial score (nSPS) is 11.2. The van der Waals surface area contributed by atoms with Crippen molar-refractivity contribution in [2.45, 2.75) is 0 Å². The summed E-state index contributed by atoms with van der Waals surface area (Å²) in [4.78, 5) is 14.7. The molecule has 0 N–H and O–H groups in total. The van der Waals surface area contributed by atoms with Crippen molar-refractivity contribution in [1.29, 1.82) is 0 Å². The third-order valence-electron chi connectivity index (χ3n) is 6.54. The van der Waals surface area contributed by atoms with E-state index in [4.69, 9.17) is 15.0 Å². The van der Waals surface area contributed by atoms with Gasteiger partial charge in [-0.05, 0) is 35.4 Å². The van der Waals surface area contributed by atoms with E-state index in [2.05, 4.69) is 66.7 Å². The third kappa shape index (κ3) is 3.98. The SMILES string of the molecule is c1ccc(-c2nc(-c3ccccc3)nc(-c3ccc4sc5cccc(-c6ccccc6)c5c4c3)n2)cc1. The van der Waals surface area contributed by atoms with Gasteiger partial charge in [-0.2, -0.15) is 0 Å². The molecule has 0 saturated heterocycles. The smallest absolute Gasteiger partial charge is 0.164 e. The first-order valence-corrected chi connectivity index (χ1v) is 13.0. The van der Waals surface area contributed by atoms with Crippen LogP contribution in [0.5, 0.6) is 0 Å². The van der Waals surface area contributed by atoms with Crippen molar-refractivity contribution in [2.75, 3.05) is 0 Å². The molecule has 4 heteroatoms. The van der Waals surface area contributed by atoms with Gasteiger partial charge in [-0.25, -0.2) is 15.0 Å². The zero-order valence-electron chi connectivity index (χ0n) is 19.9. The molecule has 0 atom stereocenters. The summed E-state index contributed by atoms with van der Waals surface area (Å²) >= 11 is 1.82. The predicted molar refractivity (Wildman–Crippen MR) is 154 cm³/mol. The molecule has 0 aliphatic heterocycles. The maximum atomic E-state index is 4.93. The first-order chi connectivity index (χ1) is 18.3. The van der Waals surface area contributed by atoms with Crippen molar-refractivity contribution in [1.82, 2.24) is 15.0 Å². The molecule has 0 unspecified atom stereocenters. The van der Waals surface area contributed by atoms with Crippen molar-refractivity contribution in [2.24, 2.45) is 0 Å². The van der Waals surface area contributed by atoms with Gasteiger partial charge in [0.2, 0.25) is 0 Å². The number of aromatic nitrogens is 3. The monoisotopic (exact) mass is 491 g/mol. The molecule has 7 rings (SSSR count). The van der Waals surface area contributed by atoms with E-state index in [9.17, 15) is 0 Å². The molecule has 3 nitrogen and oxygen atoms in total. The molecule has 0 aliphatic carbocycles. The molecule has 37 heavy (non-hydrogen) atoms. The molecule has 0 radical (unpaired) electrons. The molecule has 0 amide bonds. The van der Waals surface area contributed by atoms with Gasteiger partial charge in [0.1, 0.15) is 0 Å². The molecule has 0 fully saturated rings. The number of hydrogen-bond acceptors (Lipinski definition) is 4. The van der Waals surface area contributed by atoms with Crippen LogP contribution in [0.25, 0.3) is 65.5 Å². The Morgan fingerprint density at radius 3 is 1.54 bits per heavy atom. The van der Waals surface area contributed by atoms with E-state index in [1.165, 1.54) is 31.3 Å². The fraction of sp³-hybridized carbons (Fsp3) is 0. The molecule has 174 valence electrons. The number of thiophene rings is 1. The largest absolute Gasteiger partial charge is 0.208 e. The van der Waals surface area contributed by atoms with Crippen molar-refractivity contribution >= 4 is 31.5 Å². The van der Waals surface area contributed by atoms with E-state index in [0.717, 1.165) is 16.7 Å². The highest BCUT2D eigenvalue weighted by Crippen LogP contribution is 2.41. The first-order valence-electron chi connectivity index (χ1n) is 12.2. The van der Waals surface area contributed by atoms with Gasteiger partial charge in [-0.3, -0.25) is 0 Å². The van der Waals surface area contributed by atoms with E-state index in [-0.39, 0.29) is 0 Å². The van der Waals surface area contributed by atoms with Crippen molar-refractivity contribution < 1.29 is 0 Å². The molecule has 2 aromatic heterocycles. The van der Waals surface area contributed by atoms with Crippen LogP contribution in [0.4, 0.5) is 0 Å². The topological polar surface area (TPSA) is 38.7 Å². The summed E-state index contributed by atoms with van der Waals surface area (Å²) in [5.74, 6) is 2.01. The second-order valence-electron chi connectivity index (χ2n) is 8.90. The van der Waals surface area contributed by atoms with E-state index >= 15 is 0 Å². The molecule has 2 heterocycles. The van der Waals surface area contributed by atoms with Crippen LogP contribution in [0, 0.1) is 0 Å². The summed E-state index contributed by atoms with van der Waals surface area (Å²) in [5, 5.41) is 2.50. The zero-order valence-corrected chi connectivity index (χ0v) is 20.7. The summed E-state index contributed by atoms with van der Waals surface area (Å²) in [6, 6.07) is 43.9. The van der Waals surface area contributed by atoms with Crippen LogP contribution in [-0.2, 0) is 0 Å². The number of nitrogens with zero attached hydrogens (tertiary/aromatic N) is 3. The average molecular weight is 492 g/mol. The second-order valence-corrected chi connectivity index (χ2v) is 9.98. The van der Waals surface area contributed by atoms with E-state index < -0.39 is 0 Å². The minimum atomic E-state index is 0.671. The Morgan fingerprint density at radius 1 is 0.405 bits per heavy atom. The van der Waals surface area contributed by atoms with Crippen LogP contribution >= 0.6 is 11.3 Å². The van der Waals surface area contributed by atoms with Crippen LogP contribution in [-0.4, -0.2) is 15.0 Å². The molecular weight excluding hydrogens is 470 g/mol. The second kappa shape index (κ2) is 9.08. The quantitative estimate of drug-likeness (QED) is 0.247. The standard InChI is InChI=1S/C33H21N3S/c1-4-11-22(12-5-1)26-17-10-18-29-30(26)27-21-25(19-20-28(27)37-29)33-35-31(23-13-6-2-7-14-23)34-32(36-33)24-15-8-3-9-16-24/h1-21H. The Hall–Kier alpha value is -4.67. The fourth-order valence-corrected chi connectivity index (χ4v) is 5.87. The van der Waals surface area contributed by atoms with Crippen LogP contribution in [0.2, 0.25) is 0 Å². The number of rotatable bonds is 4. The Kier molecular flexibility index (Phi) is 5.30. The van der Waals surface area contributed by atoms with Crippen LogP contribution < -0.4 is 0 Å². The maximum Gasteiger partial charge on any atom is 0.164 e. The summed E-state index contributed by atoms with van der Waals surface area (Å²) in [6.45, 7) is 0. The van der Waals surface area contributed by atoms with Crippen LogP contribution in [0.15, 0.2) is 127 Å². The maximum absolute atomic E-state index is 4.93. The Bertz CT molecular complexity index is 1800. The van der Waals surface area contributed by atoms with Gasteiger partial charge in [0.15, 0.2) is 17.5 Å². The Morgan fingerprint density at radius 2 is 0.946 bits per heavy atom. The number of benzene rings is 5. The number of fused-ring (bicyclic) bond motifs is 3. The summed E-state index contributed by atoms with van der Waals surface area (Å²) < 4.78 is 2.53. The van der Waals surface area contributed by atoms with Crippen LogP contribution in [0.1, 0.15) is 0 Å². The lowest BCUT2D eigenvalue weighted by Crippen LogP contribution is -2.00. The minimum Gasteiger partial charge on any atom is -0.208 e. The van der Waals surface area contributed by atoms with Gasteiger partial charge in [-0.15, -0.1) is 11.3 Å². The van der Waals surface area contributed by atoms with Gasteiger partial charge >= 0.3 is 0 Å². The molecule has 0 spiro atoms. The lowest BCUT2D eigenvalue weighted by atomic mass is 9.99. The number of hydrogen-bond donors (Lipinski definition) is 0. The highest BCUT2D eigenvalue weighted by Gasteiger charge is 2.15.